The maximum absolute atomic E-state index is 11.4. The quantitative estimate of drug-likeness (QED) is 0.750. The van der Waals surface area contributed by atoms with E-state index in [4.69, 9.17) is 4.74 Å². The number of hydrogen-bond donors (Lipinski definition) is 1. The van der Waals surface area contributed by atoms with Gasteiger partial charge in [-0.05, 0) is 31.1 Å². The SMILES string of the molecule is COC(=O)CN1CC(NC2CC2)CC(C(C)C)C1. The summed E-state index contributed by atoms with van der Waals surface area (Å²) in [5.41, 5.74) is 0. The number of esters is 1. The van der Waals surface area contributed by atoms with E-state index in [1.165, 1.54) is 26.4 Å². The minimum Gasteiger partial charge on any atom is -0.468 e. The van der Waals surface area contributed by atoms with Crippen molar-refractivity contribution in [1.82, 2.24) is 10.2 Å². The fourth-order valence-electron chi connectivity index (χ4n) is 2.80. The average Bonchev–Trinajstić information content (AvgIpc) is 3.12. The molecular weight excluding hydrogens is 228 g/mol. The van der Waals surface area contributed by atoms with Gasteiger partial charge in [-0.2, -0.15) is 0 Å². The second kappa shape index (κ2) is 6.02. The molecule has 4 nitrogen and oxygen atoms in total. The van der Waals surface area contributed by atoms with Crippen molar-refractivity contribution in [2.45, 2.75) is 45.2 Å². The summed E-state index contributed by atoms with van der Waals surface area (Å²) in [7, 11) is 1.46. The molecule has 2 aliphatic rings. The molecule has 0 aromatic heterocycles. The largest absolute Gasteiger partial charge is 0.468 e. The molecule has 2 unspecified atom stereocenters. The minimum absolute atomic E-state index is 0.121. The van der Waals surface area contributed by atoms with Crippen molar-refractivity contribution < 1.29 is 9.53 Å². The molecule has 4 heteroatoms. The van der Waals surface area contributed by atoms with Gasteiger partial charge in [0.15, 0.2) is 0 Å². The van der Waals surface area contributed by atoms with Gasteiger partial charge in [-0.15, -0.1) is 0 Å². The van der Waals surface area contributed by atoms with Crippen LogP contribution in [-0.4, -0.2) is 49.7 Å². The summed E-state index contributed by atoms with van der Waals surface area (Å²) in [5.74, 6) is 1.23. The van der Waals surface area contributed by atoms with Gasteiger partial charge in [0.1, 0.15) is 0 Å². The zero-order valence-electron chi connectivity index (χ0n) is 11.8. The van der Waals surface area contributed by atoms with Crippen LogP contribution >= 0.6 is 0 Å². The van der Waals surface area contributed by atoms with E-state index in [0.717, 1.165) is 19.1 Å². The highest BCUT2D eigenvalue weighted by atomic mass is 16.5. The van der Waals surface area contributed by atoms with Gasteiger partial charge >= 0.3 is 5.97 Å². The molecule has 2 atom stereocenters. The number of piperidine rings is 1. The molecule has 0 radical (unpaired) electrons. The zero-order valence-corrected chi connectivity index (χ0v) is 11.8. The minimum atomic E-state index is -0.121. The van der Waals surface area contributed by atoms with Crippen molar-refractivity contribution in [3.63, 3.8) is 0 Å². The number of ether oxygens (including phenoxy) is 1. The molecule has 0 bridgehead atoms. The number of rotatable bonds is 5. The highest BCUT2D eigenvalue weighted by molar-refractivity contribution is 5.71. The molecule has 0 amide bonds. The second-order valence-corrected chi connectivity index (χ2v) is 6.15. The van der Waals surface area contributed by atoms with Crippen LogP contribution in [0.5, 0.6) is 0 Å². The molecule has 1 saturated heterocycles. The molecule has 1 N–H and O–H groups in total. The van der Waals surface area contributed by atoms with Crippen molar-refractivity contribution in [1.29, 1.82) is 0 Å². The van der Waals surface area contributed by atoms with E-state index in [-0.39, 0.29) is 5.97 Å². The van der Waals surface area contributed by atoms with Gasteiger partial charge in [-0.25, -0.2) is 0 Å². The molecular formula is C14H26N2O2. The Labute approximate surface area is 110 Å². The van der Waals surface area contributed by atoms with Gasteiger partial charge in [0.05, 0.1) is 13.7 Å². The fourth-order valence-corrected chi connectivity index (χ4v) is 2.80. The van der Waals surface area contributed by atoms with Gasteiger partial charge in [0, 0.05) is 25.2 Å². The van der Waals surface area contributed by atoms with Gasteiger partial charge in [0.2, 0.25) is 0 Å². The summed E-state index contributed by atoms with van der Waals surface area (Å²) < 4.78 is 4.78. The van der Waals surface area contributed by atoms with E-state index in [1.807, 2.05) is 0 Å². The van der Waals surface area contributed by atoms with Crippen LogP contribution in [0.4, 0.5) is 0 Å². The normalized spacial score (nSPS) is 29.6. The smallest absolute Gasteiger partial charge is 0.319 e. The third-order valence-corrected chi connectivity index (χ3v) is 4.13. The molecule has 18 heavy (non-hydrogen) atoms. The van der Waals surface area contributed by atoms with Crippen LogP contribution in [0.15, 0.2) is 0 Å². The van der Waals surface area contributed by atoms with Crippen LogP contribution < -0.4 is 5.32 Å². The van der Waals surface area contributed by atoms with Crippen LogP contribution in [0.2, 0.25) is 0 Å². The first-order valence-corrected chi connectivity index (χ1v) is 7.13. The van der Waals surface area contributed by atoms with E-state index in [0.29, 0.717) is 24.4 Å². The Kier molecular flexibility index (Phi) is 4.62. The molecule has 0 aromatic rings. The van der Waals surface area contributed by atoms with Crippen LogP contribution in [0.25, 0.3) is 0 Å². The summed E-state index contributed by atoms with van der Waals surface area (Å²) in [6.45, 7) is 6.99. The Morgan fingerprint density at radius 3 is 2.61 bits per heavy atom. The first kappa shape index (κ1) is 13.8. The Bertz CT molecular complexity index is 290. The van der Waals surface area contributed by atoms with Gasteiger partial charge in [-0.3, -0.25) is 9.69 Å². The molecule has 1 heterocycles. The third kappa shape index (κ3) is 3.95. The summed E-state index contributed by atoms with van der Waals surface area (Å²) in [6, 6.07) is 1.28. The maximum Gasteiger partial charge on any atom is 0.319 e. The van der Waals surface area contributed by atoms with E-state index >= 15 is 0 Å². The van der Waals surface area contributed by atoms with E-state index in [9.17, 15) is 4.79 Å². The van der Waals surface area contributed by atoms with Crippen LogP contribution in [0, 0.1) is 11.8 Å². The van der Waals surface area contributed by atoms with E-state index in [1.54, 1.807) is 0 Å². The monoisotopic (exact) mass is 254 g/mol. The number of carbonyl (C=O) groups excluding carboxylic acids is 1. The summed E-state index contributed by atoms with van der Waals surface area (Å²) in [5, 5.41) is 3.71. The topological polar surface area (TPSA) is 41.6 Å². The van der Waals surface area contributed by atoms with Gasteiger partial charge in [-0.1, -0.05) is 13.8 Å². The van der Waals surface area contributed by atoms with E-state index in [2.05, 4.69) is 24.1 Å². The van der Waals surface area contributed by atoms with Crippen molar-refractivity contribution in [3.05, 3.63) is 0 Å². The highest BCUT2D eigenvalue weighted by Crippen LogP contribution is 2.27. The van der Waals surface area contributed by atoms with E-state index < -0.39 is 0 Å². The summed E-state index contributed by atoms with van der Waals surface area (Å²) in [6.07, 6.45) is 3.88. The number of carbonyl (C=O) groups is 1. The Morgan fingerprint density at radius 1 is 1.33 bits per heavy atom. The zero-order chi connectivity index (χ0) is 13.1. The van der Waals surface area contributed by atoms with Gasteiger partial charge in [0.25, 0.3) is 0 Å². The van der Waals surface area contributed by atoms with Crippen LogP contribution in [-0.2, 0) is 9.53 Å². The number of hydrogen-bond acceptors (Lipinski definition) is 4. The average molecular weight is 254 g/mol. The predicted octanol–water partition coefficient (Wildman–Crippen LogP) is 1.26. The summed E-state index contributed by atoms with van der Waals surface area (Å²) >= 11 is 0. The van der Waals surface area contributed by atoms with Crippen molar-refractivity contribution in [2.24, 2.45) is 11.8 Å². The lowest BCUT2D eigenvalue weighted by Gasteiger charge is -2.39. The van der Waals surface area contributed by atoms with Crippen molar-refractivity contribution in [2.75, 3.05) is 26.7 Å². The van der Waals surface area contributed by atoms with Crippen molar-refractivity contribution >= 4 is 5.97 Å². The standard InChI is InChI=1S/C14H26N2O2/c1-10(2)11-6-13(15-12-4-5-12)8-16(7-11)9-14(17)18-3/h10-13,15H,4-9H2,1-3H3. The van der Waals surface area contributed by atoms with Crippen molar-refractivity contribution in [3.8, 4) is 0 Å². The number of likely N-dealkylation sites (tertiary alicyclic amines) is 1. The molecule has 1 saturated carbocycles. The number of methoxy groups -OCH3 is 1. The molecule has 0 aromatic carbocycles. The molecule has 2 rings (SSSR count). The maximum atomic E-state index is 11.4. The Morgan fingerprint density at radius 2 is 2.06 bits per heavy atom. The van der Waals surface area contributed by atoms with Crippen LogP contribution in [0.1, 0.15) is 33.1 Å². The van der Waals surface area contributed by atoms with Crippen LogP contribution in [0.3, 0.4) is 0 Å². The molecule has 0 spiro atoms. The predicted molar refractivity (Wildman–Crippen MR) is 71.3 cm³/mol. The third-order valence-electron chi connectivity index (χ3n) is 4.13. The first-order chi connectivity index (χ1) is 8.58. The molecule has 2 fully saturated rings. The lowest BCUT2D eigenvalue weighted by atomic mass is 9.85. The first-order valence-electron chi connectivity index (χ1n) is 7.13. The molecule has 1 aliphatic carbocycles. The van der Waals surface area contributed by atoms with Gasteiger partial charge < -0.3 is 10.1 Å². The lowest BCUT2D eigenvalue weighted by molar-refractivity contribution is -0.142. The molecule has 1 aliphatic heterocycles. The number of nitrogens with zero attached hydrogens (tertiary/aromatic N) is 1. The Hall–Kier alpha value is -0.610. The second-order valence-electron chi connectivity index (χ2n) is 6.15. The highest BCUT2D eigenvalue weighted by Gasteiger charge is 2.33. The summed E-state index contributed by atoms with van der Waals surface area (Å²) in [4.78, 5) is 13.7. The lowest BCUT2D eigenvalue weighted by Crippen LogP contribution is -2.52. The molecule has 104 valence electrons. The fraction of sp³-hybridized carbons (Fsp3) is 0.929. The Balaban J connectivity index is 1.89. The number of nitrogens with one attached hydrogen (secondary N) is 1.